The van der Waals surface area contributed by atoms with Crippen LogP contribution in [0.1, 0.15) is 0 Å². The molecule has 0 spiro atoms. The van der Waals surface area contributed by atoms with Gasteiger partial charge >= 0.3 is 5.63 Å². The molecule has 0 aliphatic carbocycles. The molecule has 2 aromatic carbocycles. The van der Waals surface area contributed by atoms with Crippen molar-refractivity contribution in [2.75, 3.05) is 21.3 Å². The minimum atomic E-state index is -0.432. The van der Waals surface area contributed by atoms with Gasteiger partial charge in [0.2, 0.25) is 0 Å². The fourth-order valence-corrected chi connectivity index (χ4v) is 2.51. The van der Waals surface area contributed by atoms with E-state index in [1.165, 1.54) is 6.07 Å². The van der Waals surface area contributed by atoms with Gasteiger partial charge in [0.15, 0.2) is 0 Å². The molecule has 0 unspecified atom stereocenters. The lowest BCUT2D eigenvalue weighted by Gasteiger charge is -2.12. The molecule has 5 nitrogen and oxygen atoms in total. The Morgan fingerprint density at radius 1 is 0.783 bits per heavy atom. The number of benzene rings is 2. The predicted octanol–water partition coefficient (Wildman–Crippen LogP) is 3.49. The summed E-state index contributed by atoms with van der Waals surface area (Å²) in [5.41, 5.74) is 1.55. The lowest BCUT2D eigenvalue weighted by Crippen LogP contribution is -1.99. The van der Waals surface area contributed by atoms with Crippen molar-refractivity contribution in [1.29, 1.82) is 0 Å². The maximum absolute atomic E-state index is 11.9. The zero-order chi connectivity index (χ0) is 16.4. The average Bonchev–Trinajstić information content (AvgIpc) is 2.59. The molecular formula is C18H16O5. The molecule has 1 aromatic heterocycles. The molecule has 0 aliphatic heterocycles. The third-order valence-corrected chi connectivity index (χ3v) is 3.65. The smallest absolute Gasteiger partial charge is 0.336 e. The number of fused-ring (bicyclic) bond motifs is 1. The first-order valence-electron chi connectivity index (χ1n) is 7.00. The topological polar surface area (TPSA) is 57.9 Å². The van der Waals surface area contributed by atoms with Crippen LogP contribution in [0.5, 0.6) is 17.2 Å². The Hall–Kier alpha value is -2.95. The normalized spacial score (nSPS) is 10.6. The summed E-state index contributed by atoms with van der Waals surface area (Å²) in [5, 5.41) is 0.800. The molecule has 0 fully saturated rings. The number of ether oxygens (including phenoxy) is 3. The summed E-state index contributed by atoms with van der Waals surface area (Å²) in [4.78, 5) is 11.9. The van der Waals surface area contributed by atoms with E-state index in [2.05, 4.69) is 0 Å². The van der Waals surface area contributed by atoms with E-state index in [4.69, 9.17) is 18.6 Å². The van der Waals surface area contributed by atoms with E-state index in [9.17, 15) is 4.79 Å². The van der Waals surface area contributed by atoms with E-state index in [1.54, 1.807) is 33.5 Å². The Labute approximate surface area is 133 Å². The summed E-state index contributed by atoms with van der Waals surface area (Å²) in [6, 6.07) is 12.3. The first kappa shape index (κ1) is 15.0. The molecule has 118 valence electrons. The molecular weight excluding hydrogens is 296 g/mol. The molecule has 5 heteroatoms. The van der Waals surface area contributed by atoms with Crippen LogP contribution >= 0.6 is 0 Å². The Bertz CT molecular complexity index is 911. The lowest BCUT2D eigenvalue weighted by atomic mass is 10.0. The van der Waals surface area contributed by atoms with Crippen molar-refractivity contribution in [2.45, 2.75) is 0 Å². The zero-order valence-electron chi connectivity index (χ0n) is 13.1. The molecule has 3 rings (SSSR count). The quantitative estimate of drug-likeness (QED) is 0.690. The Morgan fingerprint density at radius 2 is 1.48 bits per heavy atom. The van der Waals surface area contributed by atoms with Crippen molar-refractivity contribution in [2.24, 2.45) is 0 Å². The second kappa shape index (κ2) is 6.04. The van der Waals surface area contributed by atoms with Crippen molar-refractivity contribution >= 4 is 11.0 Å². The lowest BCUT2D eigenvalue weighted by molar-refractivity contribution is 0.395. The highest BCUT2D eigenvalue weighted by Gasteiger charge is 2.13. The van der Waals surface area contributed by atoms with E-state index in [1.807, 2.05) is 24.3 Å². The Balaban J connectivity index is 2.29. The van der Waals surface area contributed by atoms with Crippen LogP contribution in [-0.2, 0) is 0 Å². The average molecular weight is 312 g/mol. The van der Waals surface area contributed by atoms with Crippen LogP contribution in [0.15, 0.2) is 51.7 Å². The van der Waals surface area contributed by atoms with E-state index >= 15 is 0 Å². The highest BCUT2D eigenvalue weighted by molar-refractivity contribution is 5.95. The molecule has 23 heavy (non-hydrogen) atoms. The van der Waals surface area contributed by atoms with Crippen LogP contribution < -0.4 is 19.8 Å². The zero-order valence-corrected chi connectivity index (χ0v) is 13.1. The second-order valence-corrected chi connectivity index (χ2v) is 4.91. The number of methoxy groups -OCH3 is 3. The van der Waals surface area contributed by atoms with Gasteiger partial charge < -0.3 is 18.6 Å². The minimum absolute atomic E-state index is 0.432. The van der Waals surface area contributed by atoms with Crippen molar-refractivity contribution < 1.29 is 18.6 Å². The Kier molecular flexibility index (Phi) is 3.93. The molecule has 3 aromatic rings. The van der Waals surface area contributed by atoms with Gasteiger partial charge in [0.05, 0.1) is 21.3 Å². The maximum atomic E-state index is 11.9. The Morgan fingerprint density at radius 3 is 2.17 bits per heavy atom. The molecule has 0 N–H and O–H groups in total. The summed E-state index contributed by atoms with van der Waals surface area (Å²) in [7, 11) is 4.73. The summed E-state index contributed by atoms with van der Waals surface area (Å²) < 4.78 is 21.1. The van der Waals surface area contributed by atoms with Gasteiger partial charge in [-0.1, -0.05) is 0 Å². The molecule has 0 atom stereocenters. The second-order valence-electron chi connectivity index (χ2n) is 4.91. The van der Waals surface area contributed by atoms with Gasteiger partial charge in [-0.05, 0) is 24.3 Å². The van der Waals surface area contributed by atoms with E-state index < -0.39 is 5.63 Å². The summed E-state index contributed by atoms with van der Waals surface area (Å²) in [6.45, 7) is 0. The molecule has 1 heterocycles. The van der Waals surface area contributed by atoms with Gasteiger partial charge in [0.25, 0.3) is 0 Å². The highest BCUT2D eigenvalue weighted by Crippen LogP contribution is 2.37. The monoisotopic (exact) mass is 312 g/mol. The van der Waals surface area contributed by atoms with Crippen LogP contribution in [0.4, 0.5) is 0 Å². The number of hydrogen-bond acceptors (Lipinski definition) is 5. The van der Waals surface area contributed by atoms with Gasteiger partial charge in [0.1, 0.15) is 22.8 Å². The van der Waals surface area contributed by atoms with Crippen LogP contribution in [-0.4, -0.2) is 21.3 Å². The molecule has 0 saturated heterocycles. The maximum Gasteiger partial charge on any atom is 0.336 e. The largest absolute Gasteiger partial charge is 0.497 e. The van der Waals surface area contributed by atoms with E-state index in [0.29, 0.717) is 22.8 Å². The van der Waals surface area contributed by atoms with Gasteiger partial charge in [-0.15, -0.1) is 0 Å². The minimum Gasteiger partial charge on any atom is -0.497 e. The molecule has 0 aliphatic rings. The molecule has 0 bridgehead atoms. The SMILES string of the molecule is COc1ccc(-c2cc(=O)oc3cc(OC)ccc23)c(OC)c1. The standard InChI is InChI=1S/C18H16O5/c1-20-11-4-6-13(16(8-11)22-3)15-10-18(19)23-17-9-12(21-2)5-7-14(15)17/h4-10H,1-3H3. The first-order chi connectivity index (χ1) is 11.2. The van der Waals surface area contributed by atoms with Crippen molar-refractivity contribution in [3.8, 4) is 28.4 Å². The third-order valence-electron chi connectivity index (χ3n) is 3.65. The van der Waals surface area contributed by atoms with Crippen LogP contribution in [0.25, 0.3) is 22.1 Å². The van der Waals surface area contributed by atoms with E-state index in [-0.39, 0.29) is 0 Å². The summed E-state index contributed by atoms with van der Waals surface area (Å²) >= 11 is 0. The summed E-state index contributed by atoms with van der Waals surface area (Å²) in [6.07, 6.45) is 0. The fourth-order valence-electron chi connectivity index (χ4n) is 2.51. The van der Waals surface area contributed by atoms with Gasteiger partial charge in [-0.2, -0.15) is 0 Å². The van der Waals surface area contributed by atoms with Crippen molar-refractivity contribution in [3.63, 3.8) is 0 Å². The van der Waals surface area contributed by atoms with E-state index in [0.717, 1.165) is 16.5 Å². The molecule has 0 radical (unpaired) electrons. The highest BCUT2D eigenvalue weighted by atomic mass is 16.5. The number of hydrogen-bond donors (Lipinski definition) is 0. The molecule has 0 saturated carbocycles. The van der Waals surface area contributed by atoms with Crippen LogP contribution in [0.3, 0.4) is 0 Å². The number of rotatable bonds is 4. The first-order valence-corrected chi connectivity index (χ1v) is 7.00. The van der Waals surface area contributed by atoms with Gasteiger partial charge in [0, 0.05) is 34.7 Å². The fraction of sp³-hybridized carbons (Fsp3) is 0.167. The predicted molar refractivity (Wildman–Crippen MR) is 87.6 cm³/mol. The van der Waals surface area contributed by atoms with Crippen LogP contribution in [0.2, 0.25) is 0 Å². The molecule has 0 amide bonds. The summed E-state index contributed by atoms with van der Waals surface area (Å²) in [5.74, 6) is 1.92. The van der Waals surface area contributed by atoms with Crippen molar-refractivity contribution in [3.05, 3.63) is 52.9 Å². The third kappa shape index (κ3) is 2.73. The van der Waals surface area contributed by atoms with Gasteiger partial charge in [-0.25, -0.2) is 4.79 Å². The van der Waals surface area contributed by atoms with Gasteiger partial charge in [-0.3, -0.25) is 0 Å². The van der Waals surface area contributed by atoms with Crippen LogP contribution in [0, 0.1) is 0 Å². The van der Waals surface area contributed by atoms with Crippen molar-refractivity contribution in [1.82, 2.24) is 0 Å².